The lowest BCUT2D eigenvalue weighted by Crippen LogP contribution is -2.01. The number of imidazole rings is 1. The second-order valence-corrected chi connectivity index (χ2v) is 5.45. The van der Waals surface area contributed by atoms with Crippen molar-refractivity contribution in [2.45, 2.75) is 20.3 Å². The highest BCUT2D eigenvalue weighted by Crippen LogP contribution is 2.27. The topological polar surface area (TPSA) is 17.3 Å². The van der Waals surface area contributed by atoms with E-state index in [1.165, 1.54) is 0 Å². The summed E-state index contributed by atoms with van der Waals surface area (Å²) in [4.78, 5) is 4.53. The number of aromatic nitrogens is 2. The number of pyridine rings is 1. The Morgan fingerprint density at radius 3 is 2.83 bits per heavy atom. The molecule has 0 atom stereocenters. The quantitative estimate of drug-likeness (QED) is 0.668. The van der Waals surface area contributed by atoms with Crippen molar-refractivity contribution in [1.29, 1.82) is 0 Å². The first-order chi connectivity index (χ1) is 8.66. The lowest BCUT2D eigenvalue weighted by Gasteiger charge is -2.09. The Kier molecular flexibility index (Phi) is 2.75. The Labute approximate surface area is 111 Å². The number of fused-ring (bicyclic) bond motifs is 3. The first-order valence-electron chi connectivity index (χ1n) is 6.20. The van der Waals surface area contributed by atoms with Crippen molar-refractivity contribution in [3.63, 3.8) is 0 Å². The highest BCUT2D eigenvalue weighted by atomic mass is 35.5. The summed E-state index contributed by atoms with van der Waals surface area (Å²) in [6.07, 6.45) is 2.87. The van der Waals surface area contributed by atoms with Crippen LogP contribution in [-0.4, -0.2) is 9.38 Å². The van der Waals surface area contributed by atoms with Crippen LogP contribution < -0.4 is 0 Å². The number of benzene rings is 1. The van der Waals surface area contributed by atoms with Crippen LogP contribution in [0.5, 0.6) is 0 Å². The van der Waals surface area contributed by atoms with Gasteiger partial charge in [-0.3, -0.25) is 4.40 Å². The fourth-order valence-corrected chi connectivity index (χ4v) is 2.64. The van der Waals surface area contributed by atoms with Crippen LogP contribution in [0.3, 0.4) is 0 Å². The molecule has 3 rings (SSSR count). The number of hydrogen-bond donors (Lipinski definition) is 0. The van der Waals surface area contributed by atoms with E-state index >= 15 is 0 Å². The molecular weight excluding hydrogens is 244 g/mol. The number of halogens is 1. The average molecular weight is 259 g/mol. The monoisotopic (exact) mass is 258 g/mol. The van der Waals surface area contributed by atoms with Crippen LogP contribution in [0.4, 0.5) is 0 Å². The van der Waals surface area contributed by atoms with Gasteiger partial charge >= 0.3 is 0 Å². The van der Waals surface area contributed by atoms with Crippen molar-refractivity contribution in [3.8, 4) is 0 Å². The van der Waals surface area contributed by atoms with E-state index in [2.05, 4.69) is 35.4 Å². The van der Waals surface area contributed by atoms with Gasteiger partial charge in [0, 0.05) is 11.8 Å². The van der Waals surface area contributed by atoms with Crippen molar-refractivity contribution in [2.75, 3.05) is 0 Å². The van der Waals surface area contributed by atoms with Crippen LogP contribution >= 0.6 is 11.6 Å². The van der Waals surface area contributed by atoms with E-state index in [9.17, 15) is 0 Å². The Balaban J connectivity index is 2.39. The van der Waals surface area contributed by atoms with Gasteiger partial charge in [-0.15, -0.1) is 0 Å². The molecule has 0 fully saturated rings. The molecule has 3 aromatic rings. The van der Waals surface area contributed by atoms with Gasteiger partial charge in [-0.05, 0) is 18.1 Å². The zero-order chi connectivity index (χ0) is 12.7. The van der Waals surface area contributed by atoms with Gasteiger partial charge in [0.25, 0.3) is 0 Å². The zero-order valence-electron chi connectivity index (χ0n) is 10.5. The number of rotatable bonds is 2. The smallest absolute Gasteiger partial charge is 0.113 e. The molecule has 1 aromatic carbocycles. The molecule has 0 bridgehead atoms. The average Bonchev–Trinajstić information content (AvgIpc) is 2.72. The van der Waals surface area contributed by atoms with Gasteiger partial charge in [-0.1, -0.05) is 43.6 Å². The van der Waals surface area contributed by atoms with Gasteiger partial charge in [0.05, 0.1) is 22.3 Å². The minimum atomic E-state index is 0.588. The molecular formula is C15H15ClN2. The summed E-state index contributed by atoms with van der Waals surface area (Å²) in [6.45, 7) is 4.42. The van der Waals surface area contributed by atoms with Crippen LogP contribution in [0, 0.1) is 5.92 Å². The summed E-state index contributed by atoms with van der Waals surface area (Å²) in [5, 5.41) is 1.86. The third-order valence-electron chi connectivity index (χ3n) is 3.13. The summed E-state index contributed by atoms with van der Waals surface area (Å²) in [5.41, 5.74) is 2.20. The molecule has 92 valence electrons. The lowest BCUT2D eigenvalue weighted by atomic mass is 10.1. The van der Waals surface area contributed by atoms with E-state index in [1.807, 2.05) is 24.4 Å². The summed E-state index contributed by atoms with van der Waals surface area (Å²) < 4.78 is 2.21. The second kappa shape index (κ2) is 4.29. The SMILES string of the molecule is CC(C)Cc1ncc2cc(Cl)c3ccccc3n12. The Hall–Kier alpha value is -1.54. The molecule has 0 amide bonds. The van der Waals surface area contributed by atoms with Gasteiger partial charge in [0.2, 0.25) is 0 Å². The Morgan fingerprint density at radius 1 is 1.28 bits per heavy atom. The predicted octanol–water partition coefficient (Wildman–Crippen LogP) is 4.34. The fourth-order valence-electron chi connectivity index (χ4n) is 2.37. The van der Waals surface area contributed by atoms with E-state index in [0.717, 1.165) is 33.7 Å². The molecule has 0 aliphatic rings. The lowest BCUT2D eigenvalue weighted by molar-refractivity contribution is 0.621. The molecule has 0 saturated heterocycles. The van der Waals surface area contributed by atoms with E-state index in [1.54, 1.807) is 0 Å². The van der Waals surface area contributed by atoms with Crippen LogP contribution in [-0.2, 0) is 6.42 Å². The summed E-state index contributed by atoms with van der Waals surface area (Å²) in [6, 6.07) is 10.2. The van der Waals surface area contributed by atoms with Gasteiger partial charge in [-0.2, -0.15) is 0 Å². The van der Waals surface area contributed by atoms with Gasteiger partial charge in [0.1, 0.15) is 5.82 Å². The highest BCUT2D eigenvalue weighted by molar-refractivity contribution is 6.35. The Morgan fingerprint density at radius 2 is 2.06 bits per heavy atom. The number of hydrogen-bond acceptors (Lipinski definition) is 1. The second-order valence-electron chi connectivity index (χ2n) is 5.04. The van der Waals surface area contributed by atoms with Gasteiger partial charge in [0.15, 0.2) is 0 Å². The minimum absolute atomic E-state index is 0.588. The van der Waals surface area contributed by atoms with E-state index in [0.29, 0.717) is 5.92 Å². The first kappa shape index (κ1) is 11.5. The number of nitrogens with zero attached hydrogens (tertiary/aromatic N) is 2. The number of para-hydroxylation sites is 1. The molecule has 2 heterocycles. The summed E-state index contributed by atoms with van der Waals surface area (Å²) >= 11 is 6.31. The van der Waals surface area contributed by atoms with Gasteiger partial charge < -0.3 is 0 Å². The molecule has 0 aliphatic carbocycles. The summed E-state index contributed by atoms with van der Waals surface area (Å²) in [5.74, 6) is 1.69. The van der Waals surface area contributed by atoms with Crippen LogP contribution in [0.25, 0.3) is 16.4 Å². The van der Waals surface area contributed by atoms with Crippen LogP contribution in [0.1, 0.15) is 19.7 Å². The summed E-state index contributed by atoms with van der Waals surface area (Å²) in [7, 11) is 0. The zero-order valence-corrected chi connectivity index (χ0v) is 11.3. The molecule has 0 N–H and O–H groups in total. The van der Waals surface area contributed by atoms with Gasteiger partial charge in [-0.25, -0.2) is 4.98 Å². The molecule has 2 nitrogen and oxygen atoms in total. The largest absolute Gasteiger partial charge is 0.296 e. The van der Waals surface area contributed by atoms with Crippen molar-refractivity contribution in [2.24, 2.45) is 5.92 Å². The van der Waals surface area contributed by atoms with E-state index in [4.69, 9.17) is 11.6 Å². The van der Waals surface area contributed by atoms with E-state index in [-0.39, 0.29) is 0 Å². The van der Waals surface area contributed by atoms with E-state index < -0.39 is 0 Å². The molecule has 0 radical (unpaired) electrons. The maximum absolute atomic E-state index is 6.31. The van der Waals surface area contributed by atoms with Crippen molar-refractivity contribution in [3.05, 3.63) is 47.4 Å². The molecule has 18 heavy (non-hydrogen) atoms. The maximum Gasteiger partial charge on any atom is 0.113 e. The standard InChI is InChI=1S/C15H15ClN2/c1-10(2)7-15-17-9-11-8-13(16)12-5-3-4-6-14(12)18(11)15/h3-6,8-10H,7H2,1-2H3. The predicted molar refractivity (Wildman–Crippen MR) is 76.3 cm³/mol. The third-order valence-corrected chi connectivity index (χ3v) is 3.44. The molecule has 0 unspecified atom stereocenters. The third kappa shape index (κ3) is 1.77. The molecule has 0 saturated carbocycles. The molecule has 0 aliphatic heterocycles. The molecule has 0 spiro atoms. The van der Waals surface area contributed by atoms with Crippen molar-refractivity contribution < 1.29 is 0 Å². The normalized spacial score (nSPS) is 11.8. The first-order valence-corrected chi connectivity index (χ1v) is 6.58. The van der Waals surface area contributed by atoms with Crippen molar-refractivity contribution >= 4 is 28.0 Å². The van der Waals surface area contributed by atoms with Crippen LogP contribution in [0.2, 0.25) is 5.02 Å². The fraction of sp³-hybridized carbons (Fsp3) is 0.267. The minimum Gasteiger partial charge on any atom is -0.296 e. The molecule has 3 heteroatoms. The Bertz CT molecular complexity index is 713. The molecule has 2 aromatic heterocycles. The van der Waals surface area contributed by atoms with Crippen LogP contribution in [0.15, 0.2) is 36.5 Å². The maximum atomic E-state index is 6.31. The highest BCUT2D eigenvalue weighted by Gasteiger charge is 2.10. The van der Waals surface area contributed by atoms with Crippen molar-refractivity contribution in [1.82, 2.24) is 9.38 Å².